The van der Waals surface area contributed by atoms with Crippen molar-refractivity contribution < 1.29 is 78.0 Å². The Morgan fingerprint density at radius 2 is 1.52 bits per heavy atom. The molecular formula is C46H59NO16. The fraction of sp³-hybridized carbons (Fsp3) is 0.565. The highest BCUT2D eigenvalue weighted by molar-refractivity contribution is 5.94. The van der Waals surface area contributed by atoms with E-state index < -0.39 is 118 Å². The molecule has 17 heteroatoms. The molecule has 3 aliphatic carbocycles. The molecule has 0 radical (unpaired) electrons. The number of carbonyl (C=O) groups is 6. The van der Waals surface area contributed by atoms with E-state index in [4.69, 9.17) is 28.8 Å². The van der Waals surface area contributed by atoms with Crippen molar-refractivity contribution >= 4 is 35.8 Å². The van der Waals surface area contributed by atoms with Crippen molar-refractivity contribution in [3.8, 4) is 0 Å². The first-order valence-electron chi connectivity index (χ1n) is 20.8. The van der Waals surface area contributed by atoms with Crippen molar-refractivity contribution in [2.45, 2.75) is 141 Å². The molecule has 6 N–H and O–H groups in total. The number of ether oxygens (including phenoxy) is 5. The van der Waals surface area contributed by atoms with Crippen molar-refractivity contribution in [1.82, 2.24) is 5.32 Å². The van der Waals surface area contributed by atoms with E-state index in [0.29, 0.717) is 5.56 Å². The number of nitrogens with one attached hydrogen (secondary N) is 1. The second-order valence-electron chi connectivity index (χ2n) is 18.3. The second kappa shape index (κ2) is 18.1. The summed E-state index contributed by atoms with van der Waals surface area (Å²) in [5.41, 5.74) is -8.14. The maximum absolute atomic E-state index is 14.9. The molecule has 2 saturated carbocycles. The van der Waals surface area contributed by atoms with E-state index in [0.717, 1.165) is 6.92 Å². The summed E-state index contributed by atoms with van der Waals surface area (Å²) in [5, 5.41) is 59.3. The third kappa shape index (κ3) is 9.11. The van der Waals surface area contributed by atoms with Gasteiger partial charge in [0.1, 0.15) is 35.6 Å². The number of aliphatic hydroxyl groups excluding tert-OH is 3. The summed E-state index contributed by atoms with van der Waals surface area (Å²) in [7, 11) is 0. The van der Waals surface area contributed by atoms with Gasteiger partial charge in [-0.15, -0.1) is 0 Å². The number of Topliss-reactive ketones (excluding diaryl/α,β-unsaturated/α-hetero) is 1. The SMILES string of the molecule is CC(=O)O[C@@]12CO[C@@H]1C[C@H](O)[C@@]1(C)C(=O)[C@H](O)C3=C(C)[C@@H](OC(=O)[C@H](O)[C@@H](NC(=O)OC(C)(C)C)c4ccccc4)C[C@@](O)([C@@H](OC(=O)c4ccccc4)[C@H]21)C3(C)C.CCC(=O)O. The van der Waals surface area contributed by atoms with Crippen LogP contribution in [0.25, 0.3) is 0 Å². The van der Waals surface area contributed by atoms with Gasteiger partial charge in [-0.2, -0.15) is 0 Å². The number of hydrogen-bond donors (Lipinski definition) is 6. The van der Waals surface area contributed by atoms with E-state index in [1.54, 1.807) is 90.1 Å². The number of esters is 3. The van der Waals surface area contributed by atoms with Gasteiger partial charge >= 0.3 is 30.0 Å². The highest BCUT2D eigenvalue weighted by Gasteiger charge is 2.78. The minimum Gasteiger partial charge on any atom is -0.481 e. The number of benzene rings is 2. The van der Waals surface area contributed by atoms with Crippen LogP contribution in [0.15, 0.2) is 71.8 Å². The van der Waals surface area contributed by atoms with Crippen LogP contribution in [0.4, 0.5) is 4.79 Å². The zero-order chi connectivity index (χ0) is 47.0. The molecule has 11 atom stereocenters. The van der Waals surface area contributed by atoms with Crippen LogP contribution in [0.1, 0.15) is 104 Å². The van der Waals surface area contributed by atoms with Gasteiger partial charge in [0.15, 0.2) is 17.5 Å². The molecule has 4 aliphatic rings. The molecule has 0 aromatic heterocycles. The van der Waals surface area contributed by atoms with Crippen molar-refractivity contribution in [2.24, 2.45) is 16.7 Å². The van der Waals surface area contributed by atoms with Crippen molar-refractivity contribution in [2.75, 3.05) is 6.61 Å². The lowest BCUT2D eigenvalue weighted by Gasteiger charge is -2.67. The summed E-state index contributed by atoms with van der Waals surface area (Å²) in [6.45, 7) is 13.4. The Balaban J connectivity index is 0.00000141. The lowest BCUT2D eigenvalue weighted by molar-refractivity contribution is -0.346. The van der Waals surface area contributed by atoms with E-state index in [1.807, 2.05) is 0 Å². The van der Waals surface area contributed by atoms with Gasteiger partial charge in [-0.25, -0.2) is 14.4 Å². The van der Waals surface area contributed by atoms with Crippen LogP contribution in [-0.2, 0) is 42.9 Å². The van der Waals surface area contributed by atoms with Crippen LogP contribution in [0.3, 0.4) is 0 Å². The summed E-state index contributed by atoms with van der Waals surface area (Å²) in [5.74, 6) is -6.11. The molecule has 2 aromatic carbocycles. The van der Waals surface area contributed by atoms with Gasteiger partial charge in [0, 0.05) is 31.6 Å². The molecule has 2 aromatic rings. The van der Waals surface area contributed by atoms with E-state index in [-0.39, 0.29) is 36.2 Å². The van der Waals surface area contributed by atoms with Gasteiger partial charge in [0.2, 0.25) is 0 Å². The summed E-state index contributed by atoms with van der Waals surface area (Å²) in [4.78, 5) is 78.3. The number of alkyl carbamates (subject to hydrolysis) is 1. The fourth-order valence-corrected chi connectivity index (χ4v) is 9.56. The number of ketones is 1. The smallest absolute Gasteiger partial charge is 0.408 e. The molecule has 6 rings (SSSR count). The second-order valence-corrected chi connectivity index (χ2v) is 18.3. The zero-order valence-corrected chi connectivity index (χ0v) is 36.9. The lowest BCUT2D eigenvalue weighted by Crippen LogP contribution is -2.81. The molecule has 63 heavy (non-hydrogen) atoms. The molecule has 1 heterocycles. The summed E-state index contributed by atoms with van der Waals surface area (Å²) in [6, 6.07) is 14.6. The number of aliphatic hydroxyl groups is 4. The minimum atomic E-state index is -2.35. The summed E-state index contributed by atoms with van der Waals surface area (Å²) >= 11 is 0. The first-order chi connectivity index (χ1) is 29.3. The fourth-order valence-electron chi connectivity index (χ4n) is 9.56. The summed E-state index contributed by atoms with van der Waals surface area (Å²) < 4.78 is 29.5. The largest absolute Gasteiger partial charge is 0.481 e. The number of carbonyl (C=O) groups excluding carboxylic acids is 5. The third-order valence-corrected chi connectivity index (χ3v) is 12.9. The van der Waals surface area contributed by atoms with Gasteiger partial charge in [0.25, 0.3) is 0 Å². The molecule has 1 saturated heterocycles. The number of fused-ring (bicyclic) bond motifs is 5. The monoisotopic (exact) mass is 881 g/mol. The predicted molar refractivity (Wildman–Crippen MR) is 222 cm³/mol. The molecular weight excluding hydrogens is 822 g/mol. The number of rotatable bonds is 9. The number of amides is 1. The minimum absolute atomic E-state index is 0.0637. The van der Waals surface area contributed by atoms with Crippen LogP contribution in [0.2, 0.25) is 0 Å². The molecule has 17 nitrogen and oxygen atoms in total. The lowest BCUT2D eigenvalue weighted by atomic mass is 9.44. The van der Waals surface area contributed by atoms with Crippen LogP contribution in [-0.4, -0.2) is 121 Å². The van der Waals surface area contributed by atoms with E-state index in [9.17, 15) is 49.2 Å². The Labute approximate surface area is 365 Å². The highest BCUT2D eigenvalue weighted by Crippen LogP contribution is 2.64. The molecule has 0 unspecified atom stereocenters. The number of carboxylic acids is 1. The Kier molecular flexibility index (Phi) is 14.0. The first kappa shape index (κ1) is 48.8. The molecule has 0 spiro atoms. The predicted octanol–water partition coefficient (Wildman–Crippen LogP) is 3.74. The van der Waals surface area contributed by atoms with Gasteiger partial charge in [-0.1, -0.05) is 69.3 Å². The molecule has 1 aliphatic heterocycles. The number of carboxylic acid groups (broad SMARTS) is 1. The topological polar surface area (TPSA) is 262 Å². The standard InChI is InChI=1S/C43H53NO14.C3H6O2/c1-22-26(55-37(51)32(48)30(24-15-11-9-12-16-24)44-38(52)58-39(3,4)5)20-43(53)35(56-36(50)25-17-13-10-14-18-25)33-41(8,34(49)31(47)29(22)40(43,6)7)27(46)19-28-42(33,21-54-28)57-23(2)45;1-2-3(4)5/h9-18,26-28,30-33,35,46-48,53H,19-21H2,1-8H3,(H,44,52);2H2,1H3,(H,4,5)/t26-,27-,28+,30-,31+,32+,33-,35-,41+,42-,43+;/m0./s1. The normalized spacial score (nSPS) is 31.6. The Bertz CT molecular complexity index is 2100. The maximum atomic E-state index is 14.9. The van der Waals surface area contributed by atoms with Gasteiger partial charge < -0.3 is 54.5 Å². The third-order valence-electron chi connectivity index (χ3n) is 12.9. The average Bonchev–Trinajstić information content (AvgIpc) is 3.21. The Hall–Kier alpha value is -5.20. The molecule has 344 valence electrons. The van der Waals surface area contributed by atoms with Crippen LogP contribution in [0, 0.1) is 16.7 Å². The molecule has 2 bridgehead atoms. The van der Waals surface area contributed by atoms with Gasteiger partial charge in [-0.3, -0.25) is 14.4 Å². The maximum Gasteiger partial charge on any atom is 0.408 e. The number of hydrogen-bond acceptors (Lipinski definition) is 15. The first-order valence-corrected chi connectivity index (χ1v) is 20.8. The number of aliphatic carboxylic acids is 1. The van der Waals surface area contributed by atoms with Crippen LogP contribution in [0.5, 0.6) is 0 Å². The summed E-state index contributed by atoms with van der Waals surface area (Å²) in [6.07, 6.45) is -11.3. The Morgan fingerprint density at radius 1 is 0.952 bits per heavy atom. The Morgan fingerprint density at radius 3 is 2.03 bits per heavy atom. The zero-order valence-electron chi connectivity index (χ0n) is 36.9. The van der Waals surface area contributed by atoms with E-state index >= 15 is 0 Å². The molecule has 1 amide bonds. The van der Waals surface area contributed by atoms with Crippen LogP contribution < -0.4 is 5.32 Å². The quantitative estimate of drug-likeness (QED) is 0.119. The van der Waals surface area contributed by atoms with Gasteiger partial charge in [-0.05, 0) is 63.5 Å². The highest BCUT2D eigenvalue weighted by atomic mass is 16.6. The van der Waals surface area contributed by atoms with Crippen LogP contribution >= 0.6 is 0 Å². The van der Waals surface area contributed by atoms with Crippen molar-refractivity contribution in [3.05, 3.63) is 82.9 Å². The molecule has 3 fully saturated rings. The van der Waals surface area contributed by atoms with Crippen molar-refractivity contribution in [1.29, 1.82) is 0 Å². The van der Waals surface area contributed by atoms with Gasteiger partial charge in [0.05, 0.1) is 35.6 Å². The average molecular weight is 882 g/mol. The van der Waals surface area contributed by atoms with Crippen molar-refractivity contribution in [3.63, 3.8) is 0 Å². The van der Waals surface area contributed by atoms with E-state index in [2.05, 4.69) is 5.32 Å². The van der Waals surface area contributed by atoms with E-state index in [1.165, 1.54) is 26.0 Å².